The van der Waals surface area contributed by atoms with Crippen LogP contribution in [0.5, 0.6) is 0 Å². The molecule has 4 saturated heterocycles. The van der Waals surface area contributed by atoms with Crippen LogP contribution in [0.1, 0.15) is 45.4 Å². The number of fused-ring (bicyclic) bond motifs is 1. The molecule has 1 amide bonds. The molecular weight excluding hydrogens is 514 g/mol. The van der Waals surface area contributed by atoms with Gasteiger partial charge in [-0.25, -0.2) is 8.42 Å². The van der Waals surface area contributed by atoms with E-state index in [4.69, 9.17) is 9.47 Å². The lowest BCUT2D eigenvalue weighted by atomic mass is 9.66. The summed E-state index contributed by atoms with van der Waals surface area (Å²) >= 11 is 1.62. The number of thioether (sulfide) groups is 1. The van der Waals surface area contributed by atoms with Crippen molar-refractivity contribution >= 4 is 27.7 Å². The lowest BCUT2D eigenvalue weighted by molar-refractivity contribution is -0.131. The molecule has 0 aromatic heterocycles. The van der Waals surface area contributed by atoms with Gasteiger partial charge in [0.05, 0.1) is 23.3 Å². The van der Waals surface area contributed by atoms with Crippen LogP contribution in [0.2, 0.25) is 0 Å². The van der Waals surface area contributed by atoms with E-state index in [1.165, 1.54) is 0 Å². The van der Waals surface area contributed by atoms with Gasteiger partial charge in [0.25, 0.3) is 0 Å². The maximum absolute atomic E-state index is 13.6. The number of carbonyl (C=O) groups is 1. The summed E-state index contributed by atoms with van der Waals surface area (Å²) in [5.41, 5.74) is -0.230. The predicted molar refractivity (Wildman–Crippen MR) is 141 cm³/mol. The minimum atomic E-state index is -3.33. The standard InChI is InChI=1S/C25H41N5O5S2/c1-15-9-18(19-10-16(11-26)3-4-22(19)34-2)20(12-27-15)24(31)29-25-28-21-13-30(14-23(21)36-25)37(32,33)17-5-7-35-8-6-17/h15-23,25,27-28H,3-10,12-14H2,1-2H3,(H,29,31). The van der Waals surface area contributed by atoms with Crippen molar-refractivity contribution in [3.63, 3.8) is 0 Å². The summed E-state index contributed by atoms with van der Waals surface area (Å²) in [5.74, 6) is 0.205. The second-order valence-corrected chi connectivity index (χ2v) is 15.0. The van der Waals surface area contributed by atoms with E-state index in [1.807, 2.05) is 0 Å². The third-order valence-corrected chi connectivity index (χ3v) is 12.9. The van der Waals surface area contributed by atoms with E-state index in [1.54, 1.807) is 23.2 Å². The number of rotatable bonds is 6. The summed E-state index contributed by atoms with van der Waals surface area (Å²) in [5, 5.41) is 19.5. The first-order chi connectivity index (χ1) is 17.8. The minimum Gasteiger partial charge on any atom is -0.381 e. The molecule has 0 bridgehead atoms. The van der Waals surface area contributed by atoms with E-state index in [0.717, 1.165) is 25.7 Å². The highest BCUT2D eigenvalue weighted by Gasteiger charge is 2.49. The topological polar surface area (TPSA) is 133 Å². The van der Waals surface area contributed by atoms with Gasteiger partial charge in [-0.2, -0.15) is 9.57 Å². The maximum atomic E-state index is 13.6. The molecule has 37 heavy (non-hydrogen) atoms. The maximum Gasteiger partial charge on any atom is 0.226 e. The van der Waals surface area contributed by atoms with Gasteiger partial charge in [-0.15, -0.1) is 11.8 Å². The molecule has 0 spiro atoms. The summed E-state index contributed by atoms with van der Waals surface area (Å²) in [6, 6.07) is 2.79. The van der Waals surface area contributed by atoms with Crippen molar-refractivity contribution in [1.29, 1.82) is 5.26 Å². The van der Waals surface area contributed by atoms with Crippen molar-refractivity contribution in [2.24, 2.45) is 23.7 Å². The molecule has 1 saturated carbocycles. The van der Waals surface area contributed by atoms with Crippen LogP contribution >= 0.6 is 11.8 Å². The molecule has 4 heterocycles. The van der Waals surface area contributed by atoms with Crippen LogP contribution in [0.4, 0.5) is 0 Å². The zero-order valence-corrected chi connectivity index (χ0v) is 23.4. The van der Waals surface area contributed by atoms with E-state index in [-0.39, 0.29) is 57.7 Å². The molecule has 208 valence electrons. The highest BCUT2D eigenvalue weighted by molar-refractivity contribution is 8.00. The second-order valence-electron chi connectivity index (χ2n) is 11.4. The van der Waals surface area contributed by atoms with Gasteiger partial charge in [0.15, 0.2) is 0 Å². The molecule has 0 aromatic rings. The Bertz CT molecular complexity index is 957. The Kier molecular flexibility index (Phi) is 8.70. The molecule has 9 unspecified atom stereocenters. The molecule has 12 heteroatoms. The molecule has 3 N–H and O–H groups in total. The number of methoxy groups -OCH3 is 1. The van der Waals surface area contributed by atoms with Gasteiger partial charge in [-0.3, -0.25) is 10.1 Å². The fraction of sp³-hybridized carbons (Fsp3) is 0.920. The molecule has 4 aliphatic heterocycles. The number of carbonyl (C=O) groups excluding carboxylic acids is 1. The average molecular weight is 556 g/mol. The van der Waals surface area contributed by atoms with Gasteiger partial charge in [-0.1, -0.05) is 0 Å². The van der Waals surface area contributed by atoms with Crippen LogP contribution in [-0.4, -0.2) is 92.8 Å². The van der Waals surface area contributed by atoms with Crippen LogP contribution in [0, 0.1) is 35.0 Å². The normalized spacial score (nSPS) is 41.7. The third-order valence-electron chi connectivity index (χ3n) is 9.17. The van der Waals surface area contributed by atoms with E-state index in [9.17, 15) is 18.5 Å². The Balaban J connectivity index is 1.19. The number of sulfonamides is 1. The van der Waals surface area contributed by atoms with Crippen LogP contribution in [0.25, 0.3) is 0 Å². The zero-order chi connectivity index (χ0) is 26.2. The molecule has 5 rings (SSSR count). The average Bonchev–Trinajstić information content (AvgIpc) is 3.48. The molecule has 0 aromatic carbocycles. The summed E-state index contributed by atoms with van der Waals surface area (Å²) in [6.45, 7) is 4.70. The van der Waals surface area contributed by atoms with Crippen LogP contribution < -0.4 is 16.0 Å². The minimum absolute atomic E-state index is 0.0231. The fourth-order valence-electron chi connectivity index (χ4n) is 7.08. The number of piperidine rings is 1. The number of nitrogens with one attached hydrogen (secondary N) is 3. The van der Waals surface area contributed by atoms with E-state index in [0.29, 0.717) is 51.7 Å². The van der Waals surface area contributed by atoms with Gasteiger partial charge in [0.1, 0.15) is 5.50 Å². The Morgan fingerprint density at radius 3 is 2.65 bits per heavy atom. The summed E-state index contributed by atoms with van der Waals surface area (Å²) in [7, 11) is -1.59. The first-order valence-corrected chi connectivity index (χ1v) is 16.2. The van der Waals surface area contributed by atoms with E-state index in [2.05, 4.69) is 28.9 Å². The molecule has 10 nitrogen and oxygen atoms in total. The molecular formula is C25H41N5O5S2. The first-order valence-electron chi connectivity index (χ1n) is 13.7. The summed E-state index contributed by atoms with van der Waals surface area (Å²) < 4.78 is 39.1. The van der Waals surface area contributed by atoms with Crippen molar-refractivity contribution in [2.45, 2.75) is 79.6 Å². The third kappa shape index (κ3) is 5.83. The van der Waals surface area contributed by atoms with Crippen molar-refractivity contribution < 1.29 is 22.7 Å². The van der Waals surface area contributed by atoms with Crippen LogP contribution in [0.15, 0.2) is 0 Å². The summed E-state index contributed by atoms with van der Waals surface area (Å²) in [6.07, 6.45) is 4.59. The number of amides is 1. The van der Waals surface area contributed by atoms with Gasteiger partial charge in [0.2, 0.25) is 15.9 Å². The van der Waals surface area contributed by atoms with Crippen LogP contribution in [0.3, 0.4) is 0 Å². The monoisotopic (exact) mass is 555 g/mol. The van der Waals surface area contributed by atoms with Crippen molar-refractivity contribution in [1.82, 2.24) is 20.3 Å². The fourth-order valence-corrected chi connectivity index (χ4v) is 10.5. The van der Waals surface area contributed by atoms with Crippen molar-refractivity contribution in [3.05, 3.63) is 0 Å². The zero-order valence-electron chi connectivity index (χ0n) is 21.8. The van der Waals surface area contributed by atoms with Gasteiger partial charge >= 0.3 is 0 Å². The highest BCUT2D eigenvalue weighted by Crippen LogP contribution is 2.42. The number of ether oxygens (including phenoxy) is 2. The van der Waals surface area contributed by atoms with Crippen molar-refractivity contribution in [3.8, 4) is 6.07 Å². The number of hydrogen-bond acceptors (Lipinski definition) is 9. The van der Waals surface area contributed by atoms with Gasteiger partial charge < -0.3 is 20.1 Å². The Labute approximate surface area is 225 Å². The number of nitriles is 1. The second kappa shape index (κ2) is 11.7. The van der Waals surface area contributed by atoms with E-state index < -0.39 is 10.0 Å². The molecule has 9 atom stereocenters. The molecule has 1 aliphatic carbocycles. The SMILES string of the molecule is COC1CCC(C#N)CC1C1CC(C)NCC1C(=O)NC1NC2CN(S(=O)(=O)C3CCOCC3)CC2S1. The first kappa shape index (κ1) is 27.6. The lowest BCUT2D eigenvalue weighted by Crippen LogP contribution is -2.55. The lowest BCUT2D eigenvalue weighted by Gasteiger charge is -2.44. The Morgan fingerprint density at radius 1 is 1.16 bits per heavy atom. The Hall–Kier alpha value is -0.940. The number of nitrogens with zero attached hydrogens (tertiary/aromatic N) is 2. The predicted octanol–water partition coefficient (Wildman–Crippen LogP) is 0.853. The largest absolute Gasteiger partial charge is 0.381 e. The highest BCUT2D eigenvalue weighted by atomic mass is 32.2. The smallest absolute Gasteiger partial charge is 0.226 e. The Morgan fingerprint density at radius 2 is 1.95 bits per heavy atom. The summed E-state index contributed by atoms with van der Waals surface area (Å²) in [4.78, 5) is 13.6. The quantitative estimate of drug-likeness (QED) is 0.436. The van der Waals surface area contributed by atoms with Gasteiger partial charge in [0, 0.05) is 63.2 Å². The van der Waals surface area contributed by atoms with Crippen molar-refractivity contribution in [2.75, 3.05) is 40.0 Å². The number of hydrogen-bond donors (Lipinski definition) is 3. The van der Waals surface area contributed by atoms with Gasteiger partial charge in [-0.05, 0) is 57.3 Å². The van der Waals surface area contributed by atoms with Crippen LogP contribution in [-0.2, 0) is 24.3 Å². The molecule has 0 radical (unpaired) electrons. The molecule has 5 fully saturated rings. The molecule has 5 aliphatic rings. The van der Waals surface area contributed by atoms with E-state index >= 15 is 0 Å².